The Kier molecular flexibility index (Phi) is 15.7. The Bertz CT molecular complexity index is 985. The fourth-order valence-corrected chi connectivity index (χ4v) is 7.04. The Labute approximate surface area is 265 Å². The highest BCUT2D eigenvalue weighted by molar-refractivity contribution is 5.22. The molecule has 0 fully saturated rings. The lowest BCUT2D eigenvalue weighted by atomic mass is 9.84. The van der Waals surface area contributed by atoms with Crippen molar-refractivity contribution in [3.8, 4) is 0 Å². The number of unbranched alkanes of at least 4 members (excludes halogenated alkanes) is 6. The molecule has 0 radical (unpaired) electrons. The molecule has 0 saturated carbocycles. The van der Waals surface area contributed by atoms with E-state index < -0.39 is 0 Å². The van der Waals surface area contributed by atoms with Crippen LogP contribution in [0.3, 0.4) is 0 Å². The number of rotatable bonds is 20. The summed E-state index contributed by atoms with van der Waals surface area (Å²) in [4.78, 5) is 0. The fourth-order valence-electron chi connectivity index (χ4n) is 7.04. The van der Waals surface area contributed by atoms with Crippen LogP contribution in [0, 0.1) is 25.7 Å². The van der Waals surface area contributed by atoms with Gasteiger partial charge in [-0.3, -0.25) is 0 Å². The number of hydrogen-bond donors (Lipinski definition) is 0. The molecule has 2 aliphatic rings. The first-order chi connectivity index (χ1) is 21.1. The molecule has 0 N–H and O–H groups in total. The second kappa shape index (κ2) is 20.0. The summed E-state index contributed by atoms with van der Waals surface area (Å²) >= 11 is 0. The van der Waals surface area contributed by atoms with Gasteiger partial charge in [0.05, 0.1) is 0 Å². The second-order valence-electron chi connectivity index (χ2n) is 14.0. The van der Waals surface area contributed by atoms with Crippen LogP contribution in [0.25, 0.3) is 0 Å². The van der Waals surface area contributed by atoms with E-state index in [0.29, 0.717) is 0 Å². The van der Waals surface area contributed by atoms with Gasteiger partial charge in [-0.15, -0.1) is 0 Å². The number of ether oxygens (including phenoxy) is 1. The molecule has 2 aromatic rings. The standard InChI is InChI=1S/C42H62O/c1-35-13-17-39(18-14-35)29-31-41-25-21-37(22-26-41)11-7-3-5-9-33-43-34-10-6-4-8-12-38-23-27-42(28-24-38)32-30-40-19-15-36(2)16-20-40/h13-21,23,41-42H,3-12,22,24-34H2,1-2H3. The highest BCUT2D eigenvalue weighted by Crippen LogP contribution is 2.31. The number of hydrogen-bond acceptors (Lipinski definition) is 1. The molecule has 2 atom stereocenters. The topological polar surface area (TPSA) is 9.23 Å². The second-order valence-corrected chi connectivity index (χ2v) is 14.0. The first kappa shape index (κ1) is 33.8. The van der Waals surface area contributed by atoms with Gasteiger partial charge in [0.25, 0.3) is 0 Å². The predicted molar refractivity (Wildman–Crippen MR) is 187 cm³/mol. The third-order valence-corrected chi connectivity index (χ3v) is 10.2. The van der Waals surface area contributed by atoms with E-state index in [2.05, 4.69) is 74.5 Å². The summed E-state index contributed by atoms with van der Waals surface area (Å²) in [6, 6.07) is 18.2. The molecule has 0 aromatic heterocycles. The van der Waals surface area contributed by atoms with Gasteiger partial charge in [0.15, 0.2) is 0 Å². The van der Waals surface area contributed by atoms with Gasteiger partial charge < -0.3 is 4.74 Å². The molecule has 2 aromatic carbocycles. The molecule has 0 spiro atoms. The summed E-state index contributed by atoms with van der Waals surface area (Å²) < 4.78 is 5.95. The van der Waals surface area contributed by atoms with Crippen LogP contribution in [-0.4, -0.2) is 13.2 Å². The van der Waals surface area contributed by atoms with Crippen molar-refractivity contribution >= 4 is 0 Å². The van der Waals surface area contributed by atoms with E-state index in [9.17, 15) is 0 Å². The largest absolute Gasteiger partial charge is 0.381 e. The molecule has 236 valence electrons. The molecule has 2 unspecified atom stereocenters. The van der Waals surface area contributed by atoms with Gasteiger partial charge in [-0.25, -0.2) is 0 Å². The van der Waals surface area contributed by atoms with E-state index in [1.807, 2.05) is 0 Å². The number of benzene rings is 2. The maximum Gasteiger partial charge on any atom is 0.0466 e. The average Bonchev–Trinajstić information content (AvgIpc) is 3.04. The van der Waals surface area contributed by atoms with Crippen LogP contribution in [0.15, 0.2) is 71.8 Å². The summed E-state index contributed by atoms with van der Waals surface area (Å²) in [5.74, 6) is 1.79. The lowest BCUT2D eigenvalue weighted by molar-refractivity contribution is 0.125. The first-order valence-electron chi connectivity index (χ1n) is 18.2. The first-order valence-corrected chi connectivity index (χ1v) is 18.2. The van der Waals surface area contributed by atoms with Gasteiger partial charge in [-0.1, -0.05) is 109 Å². The molecule has 43 heavy (non-hydrogen) atoms. The molecular weight excluding hydrogens is 520 g/mol. The number of allylic oxidation sites excluding steroid dienone is 4. The zero-order chi connectivity index (χ0) is 30.0. The van der Waals surface area contributed by atoms with Gasteiger partial charge in [0.2, 0.25) is 0 Å². The maximum atomic E-state index is 5.95. The Morgan fingerprint density at radius 2 is 0.930 bits per heavy atom. The molecule has 0 saturated heterocycles. The molecule has 1 heteroatoms. The molecule has 4 rings (SSSR count). The number of aryl methyl sites for hydroxylation is 4. The Balaban J connectivity index is 0.894. The summed E-state index contributed by atoms with van der Waals surface area (Å²) in [5.41, 5.74) is 9.21. The lowest BCUT2D eigenvalue weighted by Crippen LogP contribution is -2.07. The van der Waals surface area contributed by atoms with Crippen LogP contribution in [0.1, 0.15) is 138 Å². The highest BCUT2D eigenvalue weighted by Gasteiger charge is 2.15. The van der Waals surface area contributed by atoms with Gasteiger partial charge in [0, 0.05) is 13.2 Å². The molecule has 2 aliphatic carbocycles. The summed E-state index contributed by atoms with van der Waals surface area (Å²) in [6.45, 7) is 6.27. The van der Waals surface area contributed by atoms with E-state index in [0.717, 1.165) is 25.0 Å². The van der Waals surface area contributed by atoms with Crippen LogP contribution < -0.4 is 0 Å². The monoisotopic (exact) mass is 582 g/mol. The van der Waals surface area contributed by atoms with Crippen LogP contribution in [0.2, 0.25) is 0 Å². The molecule has 1 nitrogen and oxygen atoms in total. The minimum absolute atomic E-state index is 0.893. The van der Waals surface area contributed by atoms with Crippen molar-refractivity contribution in [1.29, 1.82) is 0 Å². The van der Waals surface area contributed by atoms with Crippen molar-refractivity contribution in [2.75, 3.05) is 13.2 Å². The van der Waals surface area contributed by atoms with Crippen LogP contribution in [-0.2, 0) is 17.6 Å². The maximum absolute atomic E-state index is 5.95. The Hall–Kier alpha value is -2.12. The van der Waals surface area contributed by atoms with Crippen LogP contribution >= 0.6 is 0 Å². The Morgan fingerprint density at radius 1 is 0.512 bits per heavy atom. The van der Waals surface area contributed by atoms with Gasteiger partial charge in [-0.05, 0) is 140 Å². The SMILES string of the molecule is Cc1ccc(CCC2CC=C(CCCCCCOCCCCCCC3=CCC(CCc4ccc(C)cc4)CC3)CC2)cc1. The molecule has 0 heterocycles. The van der Waals surface area contributed by atoms with Crippen molar-refractivity contribution in [2.24, 2.45) is 11.8 Å². The molecule has 0 amide bonds. The normalized spacial score (nSPS) is 18.8. The smallest absolute Gasteiger partial charge is 0.0466 e. The van der Waals surface area contributed by atoms with Crippen LogP contribution in [0.5, 0.6) is 0 Å². The minimum atomic E-state index is 0.893. The van der Waals surface area contributed by atoms with Crippen molar-refractivity contribution in [3.05, 3.63) is 94.1 Å². The van der Waals surface area contributed by atoms with Crippen molar-refractivity contribution in [3.63, 3.8) is 0 Å². The lowest BCUT2D eigenvalue weighted by Gasteiger charge is -2.22. The highest BCUT2D eigenvalue weighted by atomic mass is 16.5. The van der Waals surface area contributed by atoms with Crippen molar-refractivity contribution in [1.82, 2.24) is 0 Å². The summed E-state index contributed by atoms with van der Waals surface area (Å²) in [7, 11) is 0. The van der Waals surface area contributed by atoms with E-state index >= 15 is 0 Å². The van der Waals surface area contributed by atoms with Gasteiger partial charge in [0.1, 0.15) is 0 Å². The minimum Gasteiger partial charge on any atom is -0.381 e. The fraction of sp³-hybridized carbons (Fsp3) is 0.619. The van der Waals surface area contributed by atoms with E-state index in [1.54, 1.807) is 11.1 Å². The third kappa shape index (κ3) is 14.0. The average molecular weight is 583 g/mol. The zero-order valence-electron chi connectivity index (χ0n) is 27.9. The summed E-state index contributed by atoms with van der Waals surface area (Å²) in [6.07, 6.45) is 31.7. The quantitative estimate of drug-likeness (QED) is 0.111. The Morgan fingerprint density at radius 3 is 1.33 bits per heavy atom. The van der Waals surface area contributed by atoms with Crippen LogP contribution in [0.4, 0.5) is 0 Å². The molecule has 0 bridgehead atoms. The van der Waals surface area contributed by atoms with E-state index in [-0.39, 0.29) is 0 Å². The predicted octanol–water partition coefficient (Wildman–Crippen LogP) is 12.2. The molecular formula is C42H62O. The summed E-state index contributed by atoms with van der Waals surface area (Å²) in [5, 5.41) is 0. The van der Waals surface area contributed by atoms with Crippen molar-refractivity contribution in [2.45, 2.75) is 142 Å². The third-order valence-electron chi connectivity index (χ3n) is 10.2. The van der Waals surface area contributed by atoms with Gasteiger partial charge >= 0.3 is 0 Å². The van der Waals surface area contributed by atoms with E-state index in [1.165, 1.54) is 151 Å². The van der Waals surface area contributed by atoms with Crippen molar-refractivity contribution < 1.29 is 4.74 Å². The molecule has 0 aliphatic heterocycles. The van der Waals surface area contributed by atoms with E-state index in [4.69, 9.17) is 4.74 Å². The van der Waals surface area contributed by atoms with Gasteiger partial charge in [-0.2, -0.15) is 0 Å². The zero-order valence-corrected chi connectivity index (χ0v) is 27.9.